The number of rotatable bonds is 13. The van der Waals surface area contributed by atoms with Gasteiger partial charge in [-0.3, -0.25) is 13.9 Å². The topological polar surface area (TPSA) is 96.0 Å². The van der Waals surface area contributed by atoms with Crippen molar-refractivity contribution in [3.8, 4) is 5.75 Å². The average molecular weight is 578 g/mol. The predicted molar refractivity (Wildman–Crippen MR) is 156 cm³/mol. The lowest BCUT2D eigenvalue weighted by molar-refractivity contribution is -0.141. The van der Waals surface area contributed by atoms with E-state index in [1.807, 2.05) is 19.1 Å². The van der Waals surface area contributed by atoms with Crippen LogP contribution in [0.15, 0.2) is 48.5 Å². The summed E-state index contributed by atoms with van der Waals surface area (Å²) >= 11 is 6.04. The molecular formula is C29H40ClN3O5S. The summed E-state index contributed by atoms with van der Waals surface area (Å²) in [6.45, 7) is 4.33. The highest BCUT2D eigenvalue weighted by atomic mass is 35.5. The SMILES string of the molecule is CCOc1ccccc1N(CCCC(=O)N(Cc1ccc(Cl)cc1)[C@@H](C)C(=O)NC1CCCCC1)S(C)(=O)=O. The van der Waals surface area contributed by atoms with Crippen LogP contribution in [-0.4, -0.2) is 56.6 Å². The summed E-state index contributed by atoms with van der Waals surface area (Å²) in [5.41, 5.74) is 1.29. The van der Waals surface area contributed by atoms with E-state index in [-0.39, 0.29) is 43.8 Å². The quantitative estimate of drug-likeness (QED) is 0.355. The van der Waals surface area contributed by atoms with E-state index >= 15 is 0 Å². The maximum absolute atomic E-state index is 13.5. The average Bonchev–Trinajstić information content (AvgIpc) is 2.91. The first-order chi connectivity index (χ1) is 18.6. The van der Waals surface area contributed by atoms with Gasteiger partial charge in [0.25, 0.3) is 0 Å². The van der Waals surface area contributed by atoms with Crippen LogP contribution < -0.4 is 14.4 Å². The Balaban J connectivity index is 1.73. The Labute approximate surface area is 237 Å². The molecule has 0 bridgehead atoms. The van der Waals surface area contributed by atoms with Crippen LogP contribution in [0.25, 0.3) is 0 Å². The first kappa shape index (κ1) is 30.8. The third-order valence-corrected chi connectivity index (χ3v) is 8.40. The number of nitrogens with zero attached hydrogens (tertiary/aromatic N) is 2. The molecule has 2 aromatic carbocycles. The van der Waals surface area contributed by atoms with Gasteiger partial charge in [0, 0.05) is 30.6 Å². The van der Waals surface area contributed by atoms with Crippen molar-refractivity contribution >= 4 is 39.1 Å². The minimum atomic E-state index is -3.62. The van der Waals surface area contributed by atoms with Crippen LogP contribution in [-0.2, 0) is 26.2 Å². The molecule has 1 aliphatic rings. The standard InChI is InChI=1S/C29H40ClN3O5S/c1-4-38-27-14-9-8-13-26(27)33(39(3,36)37)20-10-15-28(34)32(21-23-16-18-24(30)19-17-23)22(2)29(35)31-25-11-6-5-7-12-25/h8-9,13-14,16-19,22,25H,4-7,10-12,15,20-21H2,1-3H3,(H,31,35)/t22-/m0/s1. The molecule has 1 atom stereocenters. The lowest BCUT2D eigenvalue weighted by Gasteiger charge is -2.31. The van der Waals surface area contributed by atoms with Crippen LogP contribution in [0.1, 0.15) is 64.4 Å². The fourth-order valence-corrected chi connectivity index (χ4v) is 5.96. The van der Waals surface area contributed by atoms with Gasteiger partial charge in [-0.1, -0.05) is 55.1 Å². The Morgan fingerprint density at radius 1 is 1.08 bits per heavy atom. The van der Waals surface area contributed by atoms with Gasteiger partial charge in [0.1, 0.15) is 11.8 Å². The summed E-state index contributed by atoms with van der Waals surface area (Å²) in [5.74, 6) is 0.0736. The van der Waals surface area contributed by atoms with Crippen molar-refractivity contribution in [1.82, 2.24) is 10.2 Å². The zero-order chi connectivity index (χ0) is 28.4. The summed E-state index contributed by atoms with van der Waals surface area (Å²) < 4.78 is 32.2. The number of ether oxygens (including phenoxy) is 1. The maximum Gasteiger partial charge on any atom is 0.242 e. The predicted octanol–water partition coefficient (Wildman–Crippen LogP) is 5.15. The Hall–Kier alpha value is -2.78. The molecule has 2 aromatic rings. The highest BCUT2D eigenvalue weighted by Gasteiger charge is 2.28. The molecule has 0 heterocycles. The number of halogens is 1. The second-order valence-corrected chi connectivity index (χ2v) is 12.4. The summed E-state index contributed by atoms with van der Waals surface area (Å²) in [7, 11) is -3.62. The zero-order valence-electron chi connectivity index (χ0n) is 23.1. The van der Waals surface area contributed by atoms with Gasteiger partial charge in [0.15, 0.2) is 0 Å². The van der Waals surface area contributed by atoms with Gasteiger partial charge in [0.05, 0.1) is 18.6 Å². The van der Waals surface area contributed by atoms with E-state index in [1.165, 1.54) is 10.7 Å². The molecule has 1 fully saturated rings. The number of benzene rings is 2. The molecule has 39 heavy (non-hydrogen) atoms. The van der Waals surface area contributed by atoms with Gasteiger partial charge in [-0.25, -0.2) is 8.42 Å². The van der Waals surface area contributed by atoms with E-state index < -0.39 is 16.1 Å². The molecule has 0 aliphatic heterocycles. The molecular weight excluding hydrogens is 538 g/mol. The van der Waals surface area contributed by atoms with Crippen molar-refractivity contribution in [2.45, 2.75) is 77.4 Å². The molecule has 2 amide bonds. The highest BCUT2D eigenvalue weighted by molar-refractivity contribution is 7.92. The first-order valence-electron chi connectivity index (χ1n) is 13.6. The van der Waals surface area contributed by atoms with Gasteiger partial charge in [-0.05, 0) is 62.9 Å². The van der Waals surface area contributed by atoms with Crippen LogP contribution >= 0.6 is 11.6 Å². The molecule has 3 rings (SSSR count). The van der Waals surface area contributed by atoms with Crippen LogP contribution in [0.5, 0.6) is 5.75 Å². The normalized spacial score (nSPS) is 14.9. The fraction of sp³-hybridized carbons (Fsp3) is 0.517. The summed E-state index contributed by atoms with van der Waals surface area (Å²) in [6.07, 6.45) is 6.77. The Kier molecular flexibility index (Phi) is 11.5. The smallest absolute Gasteiger partial charge is 0.242 e. The van der Waals surface area contributed by atoms with E-state index in [2.05, 4.69) is 5.32 Å². The number of hydrogen-bond acceptors (Lipinski definition) is 5. The van der Waals surface area contributed by atoms with Crippen LogP contribution in [0.3, 0.4) is 0 Å². The van der Waals surface area contributed by atoms with Crippen LogP contribution in [0.4, 0.5) is 5.69 Å². The van der Waals surface area contributed by atoms with Crippen molar-refractivity contribution in [2.75, 3.05) is 23.7 Å². The molecule has 1 aliphatic carbocycles. The zero-order valence-corrected chi connectivity index (χ0v) is 24.6. The molecule has 0 spiro atoms. The monoisotopic (exact) mass is 577 g/mol. The highest BCUT2D eigenvalue weighted by Crippen LogP contribution is 2.30. The second kappa shape index (κ2) is 14.6. The number of sulfonamides is 1. The summed E-state index contributed by atoms with van der Waals surface area (Å²) in [5, 5.41) is 3.72. The lowest BCUT2D eigenvalue weighted by atomic mass is 9.95. The van der Waals surface area contributed by atoms with E-state index in [1.54, 1.807) is 48.2 Å². The van der Waals surface area contributed by atoms with Crippen molar-refractivity contribution < 1.29 is 22.7 Å². The van der Waals surface area contributed by atoms with Gasteiger partial charge in [-0.2, -0.15) is 0 Å². The molecule has 8 nitrogen and oxygen atoms in total. The van der Waals surface area contributed by atoms with E-state index in [9.17, 15) is 18.0 Å². The van der Waals surface area contributed by atoms with Crippen molar-refractivity contribution in [3.63, 3.8) is 0 Å². The Morgan fingerprint density at radius 3 is 2.38 bits per heavy atom. The lowest BCUT2D eigenvalue weighted by Crippen LogP contribution is -2.50. The Bertz CT molecular complexity index is 1200. The number of carbonyl (C=O) groups excluding carboxylic acids is 2. The van der Waals surface area contributed by atoms with Crippen molar-refractivity contribution in [3.05, 3.63) is 59.1 Å². The van der Waals surface area contributed by atoms with E-state index in [0.717, 1.165) is 37.5 Å². The fourth-order valence-electron chi connectivity index (χ4n) is 4.86. The van der Waals surface area contributed by atoms with Gasteiger partial charge in [0.2, 0.25) is 21.8 Å². The molecule has 1 N–H and O–H groups in total. The summed E-state index contributed by atoms with van der Waals surface area (Å²) in [6, 6.07) is 13.6. The minimum absolute atomic E-state index is 0.0808. The van der Waals surface area contributed by atoms with E-state index in [0.29, 0.717) is 23.1 Å². The molecule has 214 valence electrons. The van der Waals surface area contributed by atoms with Gasteiger partial charge < -0.3 is 15.0 Å². The van der Waals surface area contributed by atoms with Crippen molar-refractivity contribution in [1.29, 1.82) is 0 Å². The Morgan fingerprint density at radius 2 is 1.74 bits per heavy atom. The van der Waals surface area contributed by atoms with Gasteiger partial charge >= 0.3 is 0 Å². The minimum Gasteiger partial charge on any atom is -0.492 e. The molecule has 0 aromatic heterocycles. The number of amides is 2. The number of carbonyl (C=O) groups is 2. The van der Waals surface area contributed by atoms with Crippen molar-refractivity contribution in [2.24, 2.45) is 0 Å². The molecule has 1 saturated carbocycles. The van der Waals surface area contributed by atoms with Crippen LogP contribution in [0, 0.1) is 0 Å². The molecule has 10 heteroatoms. The maximum atomic E-state index is 13.5. The second-order valence-electron chi connectivity index (χ2n) is 10.0. The largest absolute Gasteiger partial charge is 0.492 e. The summed E-state index contributed by atoms with van der Waals surface area (Å²) in [4.78, 5) is 28.3. The number of para-hydroxylation sites is 2. The third-order valence-electron chi connectivity index (χ3n) is 6.97. The van der Waals surface area contributed by atoms with Gasteiger partial charge in [-0.15, -0.1) is 0 Å². The molecule has 0 saturated heterocycles. The molecule has 0 unspecified atom stereocenters. The van der Waals surface area contributed by atoms with E-state index in [4.69, 9.17) is 16.3 Å². The number of hydrogen-bond donors (Lipinski definition) is 1. The first-order valence-corrected chi connectivity index (χ1v) is 15.9. The number of nitrogens with one attached hydrogen (secondary N) is 1. The number of anilines is 1. The molecule has 0 radical (unpaired) electrons. The van der Waals surface area contributed by atoms with Crippen LogP contribution in [0.2, 0.25) is 5.02 Å². The third kappa shape index (κ3) is 9.14.